The zero-order valence-electron chi connectivity index (χ0n) is 39.8. The first-order valence-electron chi connectivity index (χ1n) is 24.7. The van der Waals surface area contributed by atoms with Crippen LogP contribution in [0.2, 0.25) is 0 Å². The van der Waals surface area contributed by atoms with E-state index in [4.69, 9.17) is 14.5 Å². The second-order valence-electron chi connectivity index (χ2n) is 19.7. The van der Waals surface area contributed by atoms with E-state index < -0.39 is 35.0 Å². The molecule has 12 rings (SSSR count). The van der Waals surface area contributed by atoms with Crippen LogP contribution in [0.25, 0.3) is 10.9 Å². The summed E-state index contributed by atoms with van der Waals surface area (Å²) in [6, 6.07) is 20.1. The van der Waals surface area contributed by atoms with Crippen LogP contribution in [0.1, 0.15) is 67.3 Å². The van der Waals surface area contributed by atoms with Crippen molar-refractivity contribution in [1.82, 2.24) is 30.0 Å². The first-order valence-corrected chi connectivity index (χ1v) is 24.7. The molecule has 72 heavy (non-hydrogen) atoms. The standard InChI is InChI=1S/C53H55FN10O8/c1-71-45-24-39-41(55-18-12-44(39)72-38-8-6-35(7-9-38)59-52(70)53(16-17-53)51(69)58-34-4-2-33(54)3-5-34)25-43(45)61-20-14-31(15-21-61)27-63-36-23-37(63)30-62(29-36)48(66)13-19-56-46-22-32-28-64(50(68)40(32)26-57-46)42-10-11-47(65)60-49(42)67/h2-9,12,18,22,24-26,31,36-37,42H,10-11,13-17,19-21,23,27-30H2,1H3,(H,56,57)(H,58,69)(H,59,70)(H,60,65,67). The van der Waals surface area contributed by atoms with Crippen LogP contribution in [0, 0.1) is 17.2 Å². The molecule has 6 aliphatic heterocycles. The third kappa shape index (κ3) is 9.24. The molecular weight excluding hydrogens is 924 g/mol. The zero-order valence-corrected chi connectivity index (χ0v) is 39.8. The summed E-state index contributed by atoms with van der Waals surface area (Å²) in [6.07, 6.45) is 8.06. The van der Waals surface area contributed by atoms with Crippen molar-refractivity contribution < 1.29 is 42.6 Å². The van der Waals surface area contributed by atoms with E-state index in [0.29, 0.717) is 84.5 Å². The summed E-state index contributed by atoms with van der Waals surface area (Å²) < 4.78 is 25.6. The Morgan fingerprint density at radius 3 is 2.25 bits per heavy atom. The Balaban J connectivity index is 0.635. The summed E-state index contributed by atoms with van der Waals surface area (Å²) in [5.41, 5.74) is 2.72. The number of piperazine rings is 1. The van der Waals surface area contributed by atoms with Crippen molar-refractivity contribution in [3.05, 3.63) is 102 Å². The number of nitrogens with zero attached hydrogens (tertiary/aromatic N) is 6. The molecule has 5 saturated heterocycles. The molecule has 0 radical (unpaired) electrons. The normalized spacial score (nSPS) is 21.4. The molecule has 6 fully saturated rings. The third-order valence-electron chi connectivity index (χ3n) is 15.2. The van der Waals surface area contributed by atoms with Crippen molar-refractivity contribution in [2.24, 2.45) is 11.3 Å². The maximum atomic E-state index is 13.4. The van der Waals surface area contributed by atoms with Gasteiger partial charge in [-0.05, 0) is 123 Å². The number of hydrogen-bond donors (Lipinski definition) is 4. The monoisotopic (exact) mass is 978 g/mol. The maximum absolute atomic E-state index is 13.4. The number of fused-ring (bicyclic) bond motifs is 4. The number of anilines is 4. The van der Waals surface area contributed by atoms with Crippen LogP contribution in [0.4, 0.5) is 27.3 Å². The highest BCUT2D eigenvalue weighted by atomic mass is 19.1. The summed E-state index contributed by atoms with van der Waals surface area (Å²) in [6.45, 7) is 4.89. The Kier molecular flexibility index (Phi) is 12.4. The highest BCUT2D eigenvalue weighted by molar-refractivity contribution is 6.17. The Morgan fingerprint density at radius 1 is 0.861 bits per heavy atom. The van der Waals surface area contributed by atoms with Crippen molar-refractivity contribution in [3.8, 4) is 17.2 Å². The predicted octanol–water partition coefficient (Wildman–Crippen LogP) is 5.69. The van der Waals surface area contributed by atoms with E-state index in [9.17, 15) is 33.2 Å². The molecule has 2 aromatic heterocycles. The van der Waals surface area contributed by atoms with Gasteiger partial charge in [0, 0.05) is 99.9 Å². The van der Waals surface area contributed by atoms with Crippen LogP contribution >= 0.6 is 0 Å². The minimum atomic E-state index is -1.18. The van der Waals surface area contributed by atoms with E-state index >= 15 is 0 Å². The van der Waals surface area contributed by atoms with Gasteiger partial charge in [0.1, 0.15) is 40.3 Å². The third-order valence-corrected chi connectivity index (χ3v) is 15.2. The van der Waals surface area contributed by atoms with Crippen LogP contribution in [0.5, 0.6) is 17.2 Å². The molecule has 4 N–H and O–H groups in total. The van der Waals surface area contributed by atoms with E-state index in [2.05, 4.69) is 42.1 Å². The van der Waals surface area contributed by atoms with Gasteiger partial charge < -0.3 is 40.1 Å². The van der Waals surface area contributed by atoms with E-state index in [1.807, 2.05) is 11.0 Å². The first kappa shape index (κ1) is 46.7. The Morgan fingerprint density at radius 2 is 1.57 bits per heavy atom. The average Bonchev–Trinajstić information content (AvgIpc) is 4.15. The maximum Gasteiger partial charge on any atom is 0.256 e. The highest BCUT2D eigenvalue weighted by Gasteiger charge is 2.56. The van der Waals surface area contributed by atoms with E-state index in [1.54, 1.807) is 49.7 Å². The fraction of sp³-hybridized carbons (Fsp3) is 0.396. The average molecular weight is 979 g/mol. The SMILES string of the molecule is COc1cc2c(Oc3ccc(NC(=O)C4(C(=O)Nc5ccc(F)cc5)CC4)cc3)ccnc2cc1N1CCC(CN2C3CC2CN(C(=O)CCNc2cc4c(cn2)C(=O)N(C2CCC(=O)NC2=O)C4)C3)CC1. The number of methoxy groups -OCH3 is 1. The number of imide groups is 1. The summed E-state index contributed by atoms with van der Waals surface area (Å²) in [5, 5.41) is 12.0. The van der Waals surface area contributed by atoms with Crippen molar-refractivity contribution in [2.45, 2.75) is 76.0 Å². The number of hydrogen-bond acceptors (Lipinski definition) is 13. The van der Waals surface area contributed by atoms with Gasteiger partial charge in [-0.1, -0.05) is 0 Å². The molecule has 1 saturated carbocycles. The smallest absolute Gasteiger partial charge is 0.256 e. The van der Waals surface area contributed by atoms with E-state index in [0.717, 1.165) is 79.9 Å². The van der Waals surface area contributed by atoms with Crippen molar-refractivity contribution >= 4 is 69.2 Å². The van der Waals surface area contributed by atoms with Gasteiger partial charge in [-0.3, -0.25) is 44.0 Å². The Hall–Kier alpha value is -7.67. The van der Waals surface area contributed by atoms with Gasteiger partial charge in [-0.25, -0.2) is 9.37 Å². The molecular formula is C53H55FN10O8. The lowest BCUT2D eigenvalue weighted by Crippen LogP contribution is -2.70. The Labute approximate surface area is 414 Å². The summed E-state index contributed by atoms with van der Waals surface area (Å²) in [5.74, 6) is 0.812. The summed E-state index contributed by atoms with van der Waals surface area (Å²) in [7, 11) is 1.67. The quantitative estimate of drug-likeness (QED) is 0.0736. The zero-order chi connectivity index (χ0) is 49.7. The number of pyridine rings is 2. The lowest BCUT2D eigenvalue weighted by atomic mass is 9.84. The van der Waals surface area contributed by atoms with Crippen LogP contribution in [-0.4, -0.2) is 125 Å². The largest absolute Gasteiger partial charge is 0.495 e. The molecule has 5 aromatic rings. The number of rotatable bonds is 15. The molecule has 1 aliphatic carbocycles. The number of carbonyl (C=O) groups excluding carboxylic acids is 6. The number of amides is 6. The number of piperidine rings is 3. The molecule has 7 aliphatic rings. The molecule has 2 bridgehead atoms. The topological polar surface area (TPSA) is 208 Å². The van der Waals surface area contributed by atoms with Crippen LogP contribution in [0.15, 0.2) is 85.2 Å². The number of halogens is 1. The van der Waals surface area contributed by atoms with E-state index in [1.165, 1.54) is 35.4 Å². The minimum Gasteiger partial charge on any atom is -0.495 e. The second-order valence-corrected chi connectivity index (χ2v) is 19.7. The molecule has 3 atom stereocenters. The molecule has 0 spiro atoms. The summed E-state index contributed by atoms with van der Waals surface area (Å²) in [4.78, 5) is 94.3. The van der Waals surface area contributed by atoms with E-state index in [-0.39, 0.29) is 30.7 Å². The second kappa shape index (κ2) is 19.2. The summed E-state index contributed by atoms with van der Waals surface area (Å²) >= 11 is 0. The van der Waals surface area contributed by atoms with Gasteiger partial charge in [-0.15, -0.1) is 0 Å². The first-order chi connectivity index (χ1) is 34.9. The fourth-order valence-corrected chi connectivity index (χ4v) is 10.9. The van der Waals surface area contributed by atoms with Crippen molar-refractivity contribution in [1.29, 1.82) is 0 Å². The molecule has 8 heterocycles. The lowest BCUT2D eigenvalue weighted by molar-refractivity contribution is -0.144. The predicted molar refractivity (Wildman–Crippen MR) is 264 cm³/mol. The van der Waals surface area contributed by atoms with Gasteiger partial charge in [-0.2, -0.15) is 0 Å². The molecule has 18 nitrogen and oxygen atoms in total. The molecule has 3 unspecified atom stereocenters. The minimum absolute atomic E-state index is 0.109. The molecule has 3 aromatic carbocycles. The number of nitrogens with one attached hydrogen (secondary N) is 4. The van der Waals surface area contributed by atoms with Crippen LogP contribution < -0.4 is 35.6 Å². The highest BCUT2D eigenvalue weighted by Crippen LogP contribution is 2.48. The van der Waals surface area contributed by atoms with Crippen LogP contribution in [0.3, 0.4) is 0 Å². The number of carbonyl (C=O) groups is 6. The van der Waals surface area contributed by atoms with Gasteiger partial charge in [0.05, 0.1) is 23.9 Å². The molecule has 372 valence electrons. The van der Waals surface area contributed by atoms with Crippen LogP contribution in [-0.2, 0) is 30.5 Å². The van der Waals surface area contributed by atoms with Gasteiger partial charge in [0.15, 0.2) is 0 Å². The van der Waals surface area contributed by atoms with Crippen molar-refractivity contribution in [3.63, 3.8) is 0 Å². The lowest BCUT2D eigenvalue weighted by Gasteiger charge is -2.57. The number of benzene rings is 3. The van der Waals surface area contributed by atoms with Gasteiger partial charge >= 0.3 is 0 Å². The molecule has 19 heteroatoms. The van der Waals surface area contributed by atoms with Gasteiger partial charge in [0.2, 0.25) is 29.5 Å². The Bertz CT molecular complexity index is 2970. The number of aromatic nitrogens is 2. The van der Waals surface area contributed by atoms with Gasteiger partial charge in [0.25, 0.3) is 5.91 Å². The molecule has 6 amide bonds. The van der Waals surface area contributed by atoms with Crippen molar-refractivity contribution in [2.75, 3.05) is 67.2 Å². The number of ether oxygens (including phenoxy) is 2. The fourth-order valence-electron chi connectivity index (χ4n) is 10.9.